The van der Waals surface area contributed by atoms with Crippen LogP contribution in [0.25, 0.3) is 0 Å². The van der Waals surface area contributed by atoms with Gasteiger partial charge in [-0.2, -0.15) is 0 Å². The lowest BCUT2D eigenvalue weighted by molar-refractivity contribution is -0.108. The van der Waals surface area contributed by atoms with Crippen molar-refractivity contribution in [3.05, 3.63) is 48.2 Å². The van der Waals surface area contributed by atoms with Crippen LogP contribution in [0, 0.1) is 0 Å². The average molecular weight is 177 g/mol. The van der Waals surface area contributed by atoms with Crippen molar-refractivity contribution in [3.63, 3.8) is 0 Å². The molecule has 0 atom stereocenters. The maximum absolute atomic E-state index is 10.2. The lowest BCUT2D eigenvalue weighted by Gasteiger charge is -2.02. The number of hydrogen-bond acceptors (Lipinski definition) is 1. The molecular formula is C11H15NO. The SMILES string of the molecule is C=C/C(=C/C(=CC)NC=O)C(=C)C. The monoisotopic (exact) mass is 177 g/mol. The van der Waals surface area contributed by atoms with Crippen molar-refractivity contribution in [1.29, 1.82) is 0 Å². The number of rotatable bonds is 5. The van der Waals surface area contributed by atoms with Gasteiger partial charge in [-0.1, -0.05) is 30.9 Å². The van der Waals surface area contributed by atoms with Gasteiger partial charge < -0.3 is 5.32 Å². The summed E-state index contributed by atoms with van der Waals surface area (Å²) in [4.78, 5) is 10.2. The minimum Gasteiger partial charge on any atom is -0.329 e. The fourth-order valence-electron chi connectivity index (χ4n) is 0.800. The number of nitrogens with one attached hydrogen (secondary N) is 1. The minimum absolute atomic E-state index is 0.644. The zero-order valence-electron chi connectivity index (χ0n) is 8.13. The van der Waals surface area contributed by atoms with E-state index in [0.717, 1.165) is 16.8 Å². The summed E-state index contributed by atoms with van der Waals surface area (Å²) in [6.45, 7) is 11.2. The molecule has 70 valence electrons. The second kappa shape index (κ2) is 6.00. The molecule has 1 amide bonds. The number of carbonyl (C=O) groups is 1. The van der Waals surface area contributed by atoms with Crippen LogP contribution in [-0.4, -0.2) is 6.41 Å². The number of amides is 1. The standard InChI is InChI=1S/C11H15NO/c1-5-10(9(3)4)7-11(6-2)12-8-13/h5-8H,1,3H2,2,4H3,(H,12,13)/b10-7-,11-6?. The van der Waals surface area contributed by atoms with E-state index in [1.807, 2.05) is 19.9 Å². The van der Waals surface area contributed by atoms with Crippen LogP contribution in [0.4, 0.5) is 0 Å². The molecule has 2 nitrogen and oxygen atoms in total. The Kier molecular flexibility index (Phi) is 5.28. The normalized spacial score (nSPS) is 12.2. The topological polar surface area (TPSA) is 29.1 Å². The maximum atomic E-state index is 10.2. The summed E-state index contributed by atoms with van der Waals surface area (Å²) < 4.78 is 0. The lowest BCUT2D eigenvalue weighted by Crippen LogP contribution is -2.08. The fourth-order valence-corrected chi connectivity index (χ4v) is 0.800. The zero-order chi connectivity index (χ0) is 10.3. The van der Waals surface area contributed by atoms with Gasteiger partial charge in [0.1, 0.15) is 0 Å². The van der Waals surface area contributed by atoms with Crippen molar-refractivity contribution in [1.82, 2.24) is 5.32 Å². The van der Waals surface area contributed by atoms with E-state index in [4.69, 9.17) is 0 Å². The molecule has 0 saturated heterocycles. The van der Waals surface area contributed by atoms with E-state index < -0.39 is 0 Å². The van der Waals surface area contributed by atoms with Gasteiger partial charge in [0, 0.05) is 5.70 Å². The van der Waals surface area contributed by atoms with E-state index in [1.54, 1.807) is 12.2 Å². The fraction of sp³-hybridized carbons (Fsp3) is 0.182. The van der Waals surface area contributed by atoms with E-state index in [-0.39, 0.29) is 0 Å². The first kappa shape index (κ1) is 11.4. The van der Waals surface area contributed by atoms with Crippen molar-refractivity contribution < 1.29 is 4.79 Å². The molecule has 13 heavy (non-hydrogen) atoms. The highest BCUT2D eigenvalue weighted by Gasteiger charge is 1.94. The summed E-state index contributed by atoms with van der Waals surface area (Å²) in [5.41, 5.74) is 2.58. The molecule has 0 radical (unpaired) electrons. The minimum atomic E-state index is 0.644. The summed E-state index contributed by atoms with van der Waals surface area (Å²) in [6, 6.07) is 0. The predicted molar refractivity (Wildman–Crippen MR) is 56.1 cm³/mol. The Morgan fingerprint density at radius 3 is 2.38 bits per heavy atom. The molecule has 0 aromatic carbocycles. The van der Waals surface area contributed by atoms with Crippen molar-refractivity contribution in [2.45, 2.75) is 13.8 Å². The second-order valence-electron chi connectivity index (χ2n) is 2.59. The second-order valence-corrected chi connectivity index (χ2v) is 2.59. The Morgan fingerprint density at radius 1 is 1.46 bits per heavy atom. The first-order chi connectivity index (χ1) is 6.15. The van der Waals surface area contributed by atoms with E-state index in [0.29, 0.717) is 6.41 Å². The van der Waals surface area contributed by atoms with Crippen LogP contribution in [0.15, 0.2) is 48.2 Å². The van der Waals surface area contributed by atoms with Gasteiger partial charge in [0.05, 0.1) is 0 Å². The molecule has 0 aliphatic carbocycles. The van der Waals surface area contributed by atoms with E-state index >= 15 is 0 Å². The summed E-state index contributed by atoms with van der Waals surface area (Å²) in [7, 11) is 0. The van der Waals surface area contributed by atoms with Crippen LogP contribution in [0.5, 0.6) is 0 Å². The van der Waals surface area contributed by atoms with Crippen LogP contribution in [0.2, 0.25) is 0 Å². The largest absolute Gasteiger partial charge is 0.329 e. The maximum Gasteiger partial charge on any atom is 0.211 e. The molecule has 2 heteroatoms. The highest BCUT2D eigenvalue weighted by Crippen LogP contribution is 2.09. The molecule has 0 saturated carbocycles. The van der Waals surface area contributed by atoms with E-state index in [1.165, 1.54) is 0 Å². The molecule has 0 unspecified atom stereocenters. The highest BCUT2D eigenvalue weighted by molar-refractivity contribution is 5.53. The van der Waals surface area contributed by atoms with E-state index in [9.17, 15) is 4.79 Å². The smallest absolute Gasteiger partial charge is 0.211 e. The van der Waals surface area contributed by atoms with E-state index in [2.05, 4.69) is 18.5 Å². The molecule has 0 rings (SSSR count). The van der Waals surface area contributed by atoms with Crippen molar-refractivity contribution in [3.8, 4) is 0 Å². The Balaban J connectivity index is 4.75. The predicted octanol–water partition coefficient (Wildman–Crippen LogP) is 2.32. The third-order valence-electron chi connectivity index (χ3n) is 1.56. The summed E-state index contributed by atoms with van der Waals surface area (Å²) >= 11 is 0. The first-order valence-corrected chi connectivity index (χ1v) is 4.02. The van der Waals surface area contributed by atoms with Gasteiger partial charge in [-0.15, -0.1) is 0 Å². The number of allylic oxidation sites excluding steroid dienone is 5. The van der Waals surface area contributed by atoms with Crippen LogP contribution in [0.3, 0.4) is 0 Å². The Bertz CT molecular complexity index is 272. The van der Waals surface area contributed by atoms with Gasteiger partial charge in [0.15, 0.2) is 0 Å². The third kappa shape index (κ3) is 4.11. The molecule has 0 aliphatic heterocycles. The average Bonchev–Trinajstić information content (AvgIpc) is 2.11. The quantitative estimate of drug-likeness (QED) is 0.506. The van der Waals surface area contributed by atoms with Gasteiger partial charge in [-0.05, 0) is 25.5 Å². The molecule has 0 spiro atoms. The molecule has 0 aromatic rings. The number of hydrogen-bond donors (Lipinski definition) is 1. The Morgan fingerprint density at radius 2 is 2.08 bits per heavy atom. The molecular weight excluding hydrogens is 162 g/mol. The van der Waals surface area contributed by atoms with Crippen molar-refractivity contribution in [2.24, 2.45) is 0 Å². The Hall–Kier alpha value is -1.57. The van der Waals surface area contributed by atoms with Gasteiger partial charge in [-0.25, -0.2) is 0 Å². The highest BCUT2D eigenvalue weighted by atomic mass is 16.1. The summed E-state index contributed by atoms with van der Waals surface area (Å²) in [5, 5.41) is 2.57. The molecule has 0 aromatic heterocycles. The van der Waals surface area contributed by atoms with Crippen molar-refractivity contribution >= 4 is 6.41 Å². The molecule has 0 heterocycles. The molecule has 1 N–H and O–H groups in total. The van der Waals surface area contributed by atoms with Crippen LogP contribution in [-0.2, 0) is 4.79 Å². The van der Waals surface area contributed by atoms with Gasteiger partial charge in [0.25, 0.3) is 0 Å². The molecule has 0 fully saturated rings. The zero-order valence-corrected chi connectivity index (χ0v) is 8.13. The first-order valence-electron chi connectivity index (χ1n) is 4.02. The molecule has 0 aliphatic rings. The van der Waals surface area contributed by atoms with Crippen LogP contribution in [0.1, 0.15) is 13.8 Å². The lowest BCUT2D eigenvalue weighted by atomic mass is 10.1. The van der Waals surface area contributed by atoms with Crippen LogP contribution >= 0.6 is 0 Å². The van der Waals surface area contributed by atoms with Gasteiger partial charge in [0.2, 0.25) is 6.41 Å². The van der Waals surface area contributed by atoms with Gasteiger partial charge in [-0.3, -0.25) is 4.79 Å². The summed E-state index contributed by atoms with van der Waals surface area (Å²) in [5.74, 6) is 0. The van der Waals surface area contributed by atoms with Crippen molar-refractivity contribution in [2.75, 3.05) is 0 Å². The van der Waals surface area contributed by atoms with Gasteiger partial charge >= 0.3 is 0 Å². The molecule has 0 bridgehead atoms. The summed E-state index contributed by atoms with van der Waals surface area (Å²) in [6.07, 6.45) is 5.98. The Labute approximate surface area is 79.3 Å². The third-order valence-corrected chi connectivity index (χ3v) is 1.56. The number of carbonyl (C=O) groups excluding carboxylic acids is 1. The van der Waals surface area contributed by atoms with Crippen LogP contribution < -0.4 is 5.32 Å².